The third-order valence-corrected chi connectivity index (χ3v) is 8.16. The summed E-state index contributed by atoms with van der Waals surface area (Å²) in [5.41, 5.74) is 3.41. The van der Waals surface area contributed by atoms with Crippen LogP contribution in [-0.2, 0) is 16.6 Å². The Bertz CT molecular complexity index is 1690. The van der Waals surface area contributed by atoms with E-state index in [1.807, 2.05) is 42.5 Å². The van der Waals surface area contributed by atoms with Crippen molar-refractivity contribution in [3.63, 3.8) is 0 Å². The number of fused-ring (bicyclic) bond motifs is 4. The predicted molar refractivity (Wildman–Crippen MR) is 148 cm³/mol. The number of rotatable bonds is 10. The first-order valence-corrected chi connectivity index (χ1v) is 14.1. The van der Waals surface area contributed by atoms with Crippen LogP contribution in [0.15, 0.2) is 83.9 Å². The van der Waals surface area contributed by atoms with E-state index in [0.29, 0.717) is 30.6 Å². The maximum Gasteiger partial charge on any atom is 0.251 e. The smallest absolute Gasteiger partial charge is 0.251 e. The predicted octanol–water partition coefficient (Wildman–Crippen LogP) is 5.24. The van der Waals surface area contributed by atoms with E-state index < -0.39 is 10.0 Å². The van der Waals surface area contributed by atoms with Gasteiger partial charge in [0, 0.05) is 58.6 Å². The molecule has 0 fully saturated rings. The molecule has 37 heavy (non-hydrogen) atoms. The fourth-order valence-corrected chi connectivity index (χ4v) is 6.10. The Hall–Kier alpha value is -3.75. The molecule has 5 aromatic rings. The van der Waals surface area contributed by atoms with Gasteiger partial charge in [0.2, 0.25) is 10.0 Å². The Kier molecular flexibility index (Phi) is 7.21. The van der Waals surface area contributed by atoms with E-state index in [2.05, 4.69) is 38.6 Å². The molecular weight excluding hydrogens is 484 g/mol. The van der Waals surface area contributed by atoms with Gasteiger partial charge in [-0.05, 0) is 56.2 Å². The average Bonchev–Trinajstić information content (AvgIpc) is 3.25. The molecule has 1 amide bonds. The van der Waals surface area contributed by atoms with Crippen molar-refractivity contribution >= 4 is 48.6 Å². The zero-order chi connectivity index (χ0) is 25.8. The summed E-state index contributed by atoms with van der Waals surface area (Å²) in [6.07, 6.45) is 3.83. The number of carbonyl (C=O) groups is 1. The summed E-state index contributed by atoms with van der Waals surface area (Å²) in [5.74, 6) is -0.0978. The first-order valence-electron chi connectivity index (χ1n) is 12.6. The number of unbranched alkanes of at least 4 members (excludes halogenated alkanes) is 2. The lowest BCUT2D eigenvalue weighted by Crippen LogP contribution is -2.26. The third kappa shape index (κ3) is 5.08. The van der Waals surface area contributed by atoms with Crippen LogP contribution in [0.25, 0.3) is 32.7 Å². The highest BCUT2D eigenvalue weighted by Gasteiger charge is 2.17. The number of hydrogen-bond donors (Lipinski definition) is 2. The van der Waals surface area contributed by atoms with Crippen LogP contribution in [0.2, 0.25) is 0 Å². The van der Waals surface area contributed by atoms with Crippen LogP contribution in [0, 0.1) is 0 Å². The Labute approximate surface area is 216 Å². The van der Waals surface area contributed by atoms with Crippen molar-refractivity contribution in [3.8, 4) is 0 Å². The highest BCUT2D eigenvalue weighted by Crippen LogP contribution is 2.29. The number of hydrogen-bond acceptors (Lipinski definition) is 4. The molecule has 0 aliphatic carbocycles. The maximum absolute atomic E-state index is 12.8. The molecule has 2 aromatic heterocycles. The van der Waals surface area contributed by atoms with Crippen molar-refractivity contribution in [1.82, 2.24) is 19.6 Å². The molecule has 0 saturated carbocycles. The molecule has 190 valence electrons. The molecule has 5 rings (SSSR count). The van der Waals surface area contributed by atoms with E-state index in [9.17, 15) is 13.2 Å². The molecule has 2 N–H and O–H groups in total. The Morgan fingerprint density at radius 2 is 1.65 bits per heavy atom. The SMILES string of the molecule is CCn1c2ccccc2c2cc(C(=O)NCCCCCNS(=O)(=O)c3cccc4cccnc34)ccc21. The molecular formula is C29H30N4O3S. The number of aryl methyl sites for hydroxylation is 1. The van der Waals surface area contributed by atoms with Gasteiger partial charge in [0.15, 0.2) is 0 Å². The quantitative estimate of drug-likeness (QED) is 0.249. The second-order valence-electron chi connectivity index (χ2n) is 9.04. The Morgan fingerprint density at radius 3 is 2.51 bits per heavy atom. The van der Waals surface area contributed by atoms with Crippen molar-refractivity contribution in [3.05, 3.63) is 84.6 Å². The summed E-state index contributed by atoms with van der Waals surface area (Å²) in [4.78, 5) is 17.2. The molecule has 7 nitrogen and oxygen atoms in total. The summed E-state index contributed by atoms with van der Waals surface area (Å²) in [5, 5.41) is 6.01. The Morgan fingerprint density at radius 1 is 0.865 bits per heavy atom. The fourth-order valence-electron chi connectivity index (χ4n) is 4.84. The molecule has 3 aromatic carbocycles. The van der Waals surface area contributed by atoms with Gasteiger partial charge in [-0.1, -0.05) is 42.8 Å². The zero-order valence-electron chi connectivity index (χ0n) is 20.8. The molecule has 0 unspecified atom stereocenters. The van der Waals surface area contributed by atoms with Crippen LogP contribution in [0.3, 0.4) is 0 Å². The fraction of sp³-hybridized carbons (Fsp3) is 0.241. The van der Waals surface area contributed by atoms with Crippen LogP contribution in [-0.4, -0.2) is 37.0 Å². The van der Waals surface area contributed by atoms with Gasteiger partial charge < -0.3 is 9.88 Å². The second-order valence-corrected chi connectivity index (χ2v) is 10.8. The summed E-state index contributed by atoms with van der Waals surface area (Å²) in [6.45, 7) is 3.86. The molecule has 0 aliphatic rings. The normalized spacial score (nSPS) is 11.9. The van der Waals surface area contributed by atoms with Crippen LogP contribution in [0.4, 0.5) is 0 Å². The van der Waals surface area contributed by atoms with Gasteiger partial charge >= 0.3 is 0 Å². The minimum atomic E-state index is -3.65. The van der Waals surface area contributed by atoms with Crippen molar-refractivity contribution in [1.29, 1.82) is 0 Å². The minimum absolute atomic E-state index is 0.0978. The first kappa shape index (κ1) is 24.9. The molecule has 0 aliphatic heterocycles. The van der Waals surface area contributed by atoms with Crippen LogP contribution in [0.1, 0.15) is 36.5 Å². The van der Waals surface area contributed by atoms with Crippen molar-refractivity contribution in [2.24, 2.45) is 0 Å². The minimum Gasteiger partial charge on any atom is -0.352 e. The van der Waals surface area contributed by atoms with Gasteiger partial charge in [-0.3, -0.25) is 9.78 Å². The monoisotopic (exact) mass is 514 g/mol. The van der Waals surface area contributed by atoms with Crippen molar-refractivity contribution < 1.29 is 13.2 Å². The number of para-hydroxylation sites is 2. The van der Waals surface area contributed by atoms with Gasteiger partial charge in [-0.2, -0.15) is 0 Å². The highest BCUT2D eigenvalue weighted by molar-refractivity contribution is 7.89. The van der Waals surface area contributed by atoms with Gasteiger partial charge in [0.1, 0.15) is 4.90 Å². The number of pyridine rings is 1. The van der Waals surface area contributed by atoms with Crippen molar-refractivity contribution in [2.45, 2.75) is 37.6 Å². The van der Waals surface area contributed by atoms with Gasteiger partial charge in [0.05, 0.1) is 5.52 Å². The molecule has 0 spiro atoms. The van der Waals surface area contributed by atoms with Crippen molar-refractivity contribution in [2.75, 3.05) is 13.1 Å². The molecule has 8 heteroatoms. The lowest BCUT2D eigenvalue weighted by atomic mass is 10.1. The van der Waals surface area contributed by atoms with E-state index in [1.54, 1.807) is 24.4 Å². The Balaban J connectivity index is 1.12. The number of nitrogens with one attached hydrogen (secondary N) is 2. The number of aromatic nitrogens is 2. The summed E-state index contributed by atoms with van der Waals surface area (Å²) in [7, 11) is -3.65. The zero-order valence-corrected chi connectivity index (χ0v) is 21.6. The number of sulfonamides is 1. The lowest BCUT2D eigenvalue weighted by Gasteiger charge is -2.09. The molecule has 0 radical (unpaired) electrons. The molecule has 0 atom stereocenters. The highest BCUT2D eigenvalue weighted by atomic mass is 32.2. The summed E-state index contributed by atoms with van der Waals surface area (Å²) >= 11 is 0. The molecule has 2 heterocycles. The largest absolute Gasteiger partial charge is 0.352 e. The molecule has 0 saturated heterocycles. The summed E-state index contributed by atoms with van der Waals surface area (Å²) in [6, 6.07) is 22.9. The summed E-state index contributed by atoms with van der Waals surface area (Å²) < 4.78 is 30.5. The number of nitrogens with zero attached hydrogens (tertiary/aromatic N) is 2. The van der Waals surface area contributed by atoms with Crippen LogP contribution in [0.5, 0.6) is 0 Å². The maximum atomic E-state index is 12.8. The number of amides is 1. The first-order chi connectivity index (χ1) is 18.0. The standard InChI is InChI=1S/C29H30N4O3S/c1-2-33-25-13-5-4-12-23(25)24-20-22(15-16-26(24)33)29(34)31-17-6-3-7-19-32-37(35,36)27-14-8-10-21-11-9-18-30-28(21)27/h4-5,8-16,18,20,32H,2-3,6-7,17,19H2,1H3,(H,31,34). The topological polar surface area (TPSA) is 93.1 Å². The van der Waals surface area contributed by atoms with E-state index in [4.69, 9.17) is 0 Å². The average molecular weight is 515 g/mol. The number of benzene rings is 3. The van der Waals surface area contributed by atoms with Crippen LogP contribution >= 0.6 is 0 Å². The van der Waals surface area contributed by atoms with Gasteiger partial charge in [-0.15, -0.1) is 0 Å². The third-order valence-electron chi connectivity index (χ3n) is 6.67. The second kappa shape index (κ2) is 10.7. The lowest BCUT2D eigenvalue weighted by molar-refractivity contribution is 0.0953. The van der Waals surface area contributed by atoms with E-state index >= 15 is 0 Å². The van der Waals surface area contributed by atoms with E-state index in [0.717, 1.165) is 41.1 Å². The van der Waals surface area contributed by atoms with E-state index in [1.165, 1.54) is 5.52 Å². The number of carbonyl (C=O) groups excluding carboxylic acids is 1. The van der Waals surface area contributed by atoms with Gasteiger partial charge in [0.25, 0.3) is 5.91 Å². The van der Waals surface area contributed by atoms with Crippen LogP contribution < -0.4 is 10.0 Å². The van der Waals surface area contributed by atoms with Gasteiger partial charge in [-0.25, -0.2) is 13.1 Å². The molecule has 0 bridgehead atoms. The van der Waals surface area contributed by atoms with E-state index in [-0.39, 0.29) is 10.8 Å².